The summed E-state index contributed by atoms with van der Waals surface area (Å²) in [5.74, 6) is 0.981. The Hall–Kier alpha value is -3.94. The third-order valence-corrected chi connectivity index (χ3v) is 7.74. The number of benzene rings is 1. The van der Waals surface area contributed by atoms with Crippen molar-refractivity contribution in [2.75, 3.05) is 25.0 Å². The summed E-state index contributed by atoms with van der Waals surface area (Å²) in [6.07, 6.45) is 6.40. The van der Waals surface area contributed by atoms with Crippen LogP contribution in [0.5, 0.6) is 11.5 Å². The Balaban J connectivity index is 1.25. The second kappa shape index (κ2) is 12.0. The number of halogens is 4. The van der Waals surface area contributed by atoms with Crippen LogP contribution in [0.3, 0.4) is 0 Å². The van der Waals surface area contributed by atoms with Gasteiger partial charge < -0.3 is 19.4 Å². The van der Waals surface area contributed by atoms with Gasteiger partial charge in [0.05, 0.1) is 30.3 Å². The number of fused-ring (bicyclic) bond motifs is 2. The summed E-state index contributed by atoms with van der Waals surface area (Å²) in [6, 6.07) is 3.98. The topological polar surface area (TPSA) is 94.6 Å². The first kappa shape index (κ1) is 29.1. The normalized spacial score (nSPS) is 16.0. The predicted molar refractivity (Wildman–Crippen MR) is 156 cm³/mol. The molecule has 0 amide bonds. The number of alkyl halides is 3. The van der Waals surface area contributed by atoms with E-state index in [2.05, 4.69) is 37.2 Å². The maximum absolute atomic E-state index is 13.9. The summed E-state index contributed by atoms with van der Waals surface area (Å²) < 4.78 is 56.9. The average molecular weight is 615 g/mol. The third kappa shape index (κ3) is 6.24. The van der Waals surface area contributed by atoms with Gasteiger partial charge in [0.2, 0.25) is 5.95 Å². The lowest BCUT2D eigenvalue weighted by molar-refractivity contribution is -0.137. The summed E-state index contributed by atoms with van der Waals surface area (Å²) in [5.41, 5.74) is 1.46. The third-order valence-electron chi connectivity index (χ3n) is 7.38. The van der Waals surface area contributed by atoms with Crippen molar-refractivity contribution in [3.8, 4) is 11.5 Å². The van der Waals surface area contributed by atoms with E-state index in [9.17, 15) is 13.2 Å². The smallest absolute Gasteiger partial charge is 0.416 e. The summed E-state index contributed by atoms with van der Waals surface area (Å²) in [6.45, 7) is 4.64. The molecule has 0 unspecified atom stereocenters. The van der Waals surface area contributed by atoms with Crippen LogP contribution in [0.1, 0.15) is 37.3 Å². The molecule has 226 valence electrons. The number of unbranched alkanes of at least 4 members (excludes halogenated alkanes) is 1. The maximum atomic E-state index is 13.9. The van der Waals surface area contributed by atoms with Crippen LogP contribution in [0, 0.1) is 0 Å². The van der Waals surface area contributed by atoms with E-state index in [-0.39, 0.29) is 28.5 Å². The molecule has 0 spiro atoms. The second-order valence-corrected chi connectivity index (χ2v) is 10.9. The van der Waals surface area contributed by atoms with Crippen molar-refractivity contribution in [2.45, 2.75) is 45.0 Å². The molecule has 1 fully saturated rings. The molecule has 0 aliphatic carbocycles. The monoisotopic (exact) mass is 614 g/mol. The number of pyridine rings is 1. The van der Waals surface area contributed by atoms with Crippen molar-refractivity contribution in [1.29, 1.82) is 0 Å². The van der Waals surface area contributed by atoms with E-state index in [4.69, 9.17) is 21.1 Å². The van der Waals surface area contributed by atoms with Gasteiger partial charge in [-0.2, -0.15) is 23.3 Å². The summed E-state index contributed by atoms with van der Waals surface area (Å²) in [4.78, 5) is 15.1. The van der Waals surface area contributed by atoms with Crippen molar-refractivity contribution in [2.24, 2.45) is 7.05 Å². The highest BCUT2D eigenvalue weighted by molar-refractivity contribution is 6.36. The van der Waals surface area contributed by atoms with Gasteiger partial charge in [0.15, 0.2) is 17.1 Å². The molecule has 1 aromatic carbocycles. The summed E-state index contributed by atoms with van der Waals surface area (Å²) in [5, 5.41) is 7.52. The van der Waals surface area contributed by atoms with E-state index < -0.39 is 11.7 Å². The van der Waals surface area contributed by atoms with Gasteiger partial charge in [-0.05, 0) is 36.6 Å². The highest BCUT2D eigenvalue weighted by atomic mass is 35.5. The molecular weight excluding hydrogens is 585 g/mol. The van der Waals surface area contributed by atoms with Crippen molar-refractivity contribution < 1.29 is 22.6 Å². The minimum Gasteiger partial charge on any atom is -0.450 e. The quantitative estimate of drug-likeness (QED) is 0.176. The fraction of sp³-hybridized carbons (Fsp3) is 0.379. The van der Waals surface area contributed by atoms with Crippen LogP contribution in [-0.2, 0) is 24.5 Å². The second-order valence-electron chi connectivity index (χ2n) is 10.5. The Bertz CT molecular complexity index is 1760. The van der Waals surface area contributed by atoms with Crippen molar-refractivity contribution in [3.05, 3.63) is 65.3 Å². The average Bonchev–Trinajstić information content (AvgIpc) is 3.68. The van der Waals surface area contributed by atoms with E-state index in [0.29, 0.717) is 47.7 Å². The fourth-order valence-corrected chi connectivity index (χ4v) is 5.48. The molecule has 0 bridgehead atoms. The van der Waals surface area contributed by atoms with Crippen LogP contribution >= 0.6 is 11.6 Å². The molecule has 0 radical (unpaired) electrons. The molecule has 10 nitrogen and oxygen atoms in total. The molecule has 0 saturated carbocycles. The van der Waals surface area contributed by atoms with Gasteiger partial charge in [0.25, 0.3) is 0 Å². The highest BCUT2D eigenvalue weighted by Crippen LogP contribution is 2.38. The molecule has 1 aliphatic rings. The Morgan fingerprint density at radius 1 is 1.14 bits per heavy atom. The zero-order chi connectivity index (χ0) is 30.1. The number of ether oxygens (including phenoxy) is 2. The minimum absolute atomic E-state index is 0.102. The van der Waals surface area contributed by atoms with Gasteiger partial charge in [-0.3, -0.25) is 9.88 Å². The Morgan fingerprint density at radius 3 is 2.81 bits per heavy atom. The first-order valence-corrected chi connectivity index (χ1v) is 14.4. The predicted octanol–water partition coefficient (Wildman–Crippen LogP) is 6.61. The van der Waals surface area contributed by atoms with Gasteiger partial charge >= 0.3 is 6.18 Å². The van der Waals surface area contributed by atoms with Gasteiger partial charge in [-0.1, -0.05) is 24.9 Å². The number of nitrogens with one attached hydrogen (secondary N) is 1. The zero-order valence-electron chi connectivity index (χ0n) is 23.6. The van der Waals surface area contributed by atoms with Gasteiger partial charge in [0.1, 0.15) is 16.1 Å². The molecular formula is C29H30ClF3N8O2. The largest absolute Gasteiger partial charge is 0.450 e. The van der Waals surface area contributed by atoms with E-state index in [0.717, 1.165) is 31.9 Å². The van der Waals surface area contributed by atoms with Gasteiger partial charge in [-0.15, -0.1) is 0 Å². The molecule has 6 rings (SSSR count). The van der Waals surface area contributed by atoms with Crippen LogP contribution in [0.15, 0.2) is 49.2 Å². The summed E-state index contributed by atoms with van der Waals surface area (Å²) in [7, 11) is 1.70. The first-order valence-electron chi connectivity index (χ1n) is 14.0. The van der Waals surface area contributed by atoms with Crippen LogP contribution in [0.2, 0.25) is 5.02 Å². The number of aryl methyl sites for hydroxylation is 1. The molecule has 5 aromatic rings. The number of nitrogens with zero attached hydrogens (tertiary/aromatic N) is 7. The van der Waals surface area contributed by atoms with Crippen molar-refractivity contribution >= 4 is 39.9 Å². The van der Waals surface area contributed by atoms with E-state index in [1.165, 1.54) is 12.3 Å². The van der Waals surface area contributed by atoms with Crippen LogP contribution in [0.4, 0.5) is 24.8 Å². The lowest BCUT2D eigenvalue weighted by Gasteiger charge is -2.19. The Labute approximate surface area is 250 Å². The standard InChI is InChI=1S/C29H30ClF3N8O2/c1-3-4-9-42-21-5-7-40(17-21)16-18-10-19(29(31,32)33)12-20(11-18)37-28-38-27-26(39(28)2)25(30)24(14-35-27)43-23-15-36-41-8-6-34-13-22(23)41/h6,8,10-15,21H,3-5,7,9,16-17H2,1-2H3,(H,35,37,38)/t21-/m1/s1. The molecule has 43 heavy (non-hydrogen) atoms. The van der Waals surface area contributed by atoms with Crippen molar-refractivity contribution in [3.63, 3.8) is 0 Å². The number of rotatable bonds is 10. The Morgan fingerprint density at radius 2 is 2.00 bits per heavy atom. The van der Waals surface area contributed by atoms with Crippen LogP contribution in [-0.4, -0.2) is 59.8 Å². The fourth-order valence-electron chi connectivity index (χ4n) is 5.18. The minimum atomic E-state index is -4.51. The molecule has 1 aliphatic heterocycles. The molecule has 14 heteroatoms. The number of aromatic nitrogens is 6. The number of likely N-dealkylation sites (tertiary alicyclic amines) is 1. The molecule has 5 heterocycles. The van der Waals surface area contributed by atoms with Gasteiger partial charge in [-0.25, -0.2) is 9.50 Å². The lowest BCUT2D eigenvalue weighted by atomic mass is 10.1. The number of hydrogen-bond acceptors (Lipinski definition) is 8. The number of anilines is 2. The van der Waals surface area contributed by atoms with E-state index in [1.807, 2.05) is 0 Å². The number of hydrogen-bond donors (Lipinski definition) is 1. The zero-order valence-corrected chi connectivity index (χ0v) is 24.4. The first-order chi connectivity index (χ1) is 20.7. The molecule has 1 atom stereocenters. The highest BCUT2D eigenvalue weighted by Gasteiger charge is 2.32. The maximum Gasteiger partial charge on any atom is 0.416 e. The molecule has 1 saturated heterocycles. The van der Waals surface area contributed by atoms with E-state index in [1.54, 1.807) is 47.0 Å². The summed E-state index contributed by atoms with van der Waals surface area (Å²) >= 11 is 6.73. The van der Waals surface area contributed by atoms with E-state index >= 15 is 0 Å². The number of imidazole rings is 1. The molecule has 4 aromatic heterocycles. The van der Waals surface area contributed by atoms with Crippen LogP contribution < -0.4 is 10.1 Å². The molecule has 1 N–H and O–H groups in total. The van der Waals surface area contributed by atoms with Crippen molar-refractivity contribution in [1.82, 2.24) is 34.0 Å². The Kier molecular flexibility index (Phi) is 8.12. The SMILES string of the molecule is CCCCO[C@@H]1CCN(Cc2cc(Nc3nc4ncc(Oc5cnn6ccncc56)c(Cl)c4n3C)cc(C(F)(F)F)c2)C1. The van der Waals surface area contributed by atoms with Gasteiger partial charge in [0, 0.05) is 51.4 Å². The van der Waals surface area contributed by atoms with Crippen LogP contribution in [0.25, 0.3) is 16.7 Å². The lowest BCUT2D eigenvalue weighted by Crippen LogP contribution is -2.23.